The van der Waals surface area contributed by atoms with Gasteiger partial charge in [0.15, 0.2) is 0 Å². The Morgan fingerprint density at radius 2 is 2.00 bits per heavy atom. The number of rotatable bonds is 6. The van der Waals surface area contributed by atoms with Gasteiger partial charge in [-0.3, -0.25) is 9.69 Å². The lowest BCUT2D eigenvalue weighted by Crippen LogP contribution is -2.50. The molecular weight excluding hydrogens is 302 g/mol. The molecule has 2 aromatic rings. The topological polar surface area (TPSA) is 59.6 Å². The molecule has 130 valence electrons. The third kappa shape index (κ3) is 4.16. The maximum absolute atomic E-state index is 12.4. The summed E-state index contributed by atoms with van der Waals surface area (Å²) < 4.78 is 0. The zero-order valence-corrected chi connectivity index (χ0v) is 14.4. The number of nitrogens with one attached hydrogen (secondary N) is 1. The Balaban J connectivity index is 1.43. The van der Waals surface area contributed by atoms with Gasteiger partial charge in [-0.2, -0.15) is 0 Å². The molecule has 0 aliphatic carbocycles. The number of fused-ring (bicyclic) bond motifs is 1. The maximum Gasteiger partial charge on any atom is 0.222 e. The highest BCUT2D eigenvalue weighted by atomic mass is 16.3. The number of carbonyl (C=O) groups excluding carboxylic acids is 1. The molecule has 2 heterocycles. The molecule has 3 rings (SSSR count). The summed E-state index contributed by atoms with van der Waals surface area (Å²) in [6.07, 6.45) is 4.18. The van der Waals surface area contributed by atoms with Crippen LogP contribution in [0.5, 0.6) is 0 Å². The van der Waals surface area contributed by atoms with Crippen molar-refractivity contribution in [3.63, 3.8) is 0 Å². The van der Waals surface area contributed by atoms with Crippen molar-refractivity contribution in [3.05, 3.63) is 36.0 Å². The molecule has 1 amide bonds. The second-order valence-electron chi connectivity index (χ2n) is 6.74. The van der Waals surface area contributed by atoms with E-state index in [1.54, 1.807) is 0 Å². The molecule has 24 heavy (non-hydrogen) atoms. The van der Waals surface area contributed by atoms with E-state index in [1.807, 2.05) is 17.9 Å². The minimum atomic E-state index is -0.302. The highest BCUT2D eigenvalue weighted by molar-refractivity contribution is 5.83. The van der Waals surface area contributed by atoms with Crippen LogP contribution in [-0.2, 0) is 11.2 Å². The number of hydrogen-bond donors (Lipinski definition) is 2. The Morgan fingerprint density at radius 1 is 1.25 bits per heavy atom. The van der Waals surface area contributed by atoms with Gasteiger partial charge in [-0.05, 0) is 31.4 Å². The van der Waals surface area contributed by atoms with E-state index in [0.717, 1.165) is 44.5 Å². The number of β-amino-alcohol motifs (C(OH)–C–C–N with tert-alkyl or cyclic N) is 1. The number of aryl methyl sites for hydroxylation is 1. The first-order chi connectivity index (χ1) is 11.6. The van der Waals surface area contributed by atoms with Crippen LogP contribution in [0.25, 0.3) is 10.9 Å². The summed E-state index contributed by atoms with van der Waals surface area (Å²) in [5.74, 6) is 0.256. The number of hydrogen-bond acceptors (Lipinski definition) is 3. The van der Waals surface area contributed by atoms with E-state index in [0.29, 0.717) is 13.0 Å². The second kappa shape index (κ2) is 7.81. The summed E-state index contributed by atoms with van der Waals surface area (Å²) >= 11 is 0. The lowest BCUT2D eigenvalue weighted by Gasteiger charge is -2.35. The third-order valence-corrected chi connectivity index (χ3v) is 4.76. The molecule has 1 aromatic heterocycles. The number of benzene rings is 1. The molecule has 1 atom stereocenters. The molecular formula is C19H27N3O2. The van der Waals surface area contributed by atoms with E-state index < -0.39 is 0 Å². The van der Waals surface area contributed by atoms with E-state index >= 15 is 0 Å². The fraction of sp³-hybridized carbons (Fsp3) is 0.526. The summed E-state index contributed by atoms with van der Waals surface area (Å²) in [5.41, 5.74) is 2.45. The van der Waals surface area contributed by atoms with Crippen molar-refractivity contribution in [2.24, 2.45) is 0 Å². The van der Waals surface area contributed by atoms with Crippen molar-refractivity contribution in [1.29, 1.82) is 0 Å². The number of amides is 1. The van der Waals surface area contributed by atoms with Gasteiger partial charge in [0.25, 0.3) is 0 Å². The number of para-hydroxylation sites is 1. The monoisotopic (exact) mass is 329 g/mol. The number of aromatic amines is 1. The number of nitrogens with zero attached hydrogens (tertiary/aromatic N) is 2. The van der Waals surface area contributed by atoms with Crippen LogP contribution in [0.4, 0.5) is 0 Å². The van der Waals surface area contributed by atoms with Crippen molar-refractivity contribution >= 4 is 16.8 Å². The van der Waals surface area contributed by atoms with Gasteiger partial charge in [0.05, 0.1) is 6.10 Å². The molecule has 1 saturated heterocycles. The van der Waals surface area contributed by atoms with Crippen molar-refractivity contribution in [2.75, 3.05) is 32.7 Å². The first-order valence-corrected chi connectivity index (χ1v) is 8.86. The minimum absolute atomic E-state index is 0.256. The van der Waals surface area contributed by atoms with Crippen molar-refractivity contribution in [3.8, 4) is 0 Å². The molecule has 1 fully saturated rings. The molecule has 0 unspecified atom stereocenters. The van der Waals surface area contributed by atoms with E-state index in [-0.39, 0.29) is 12.0 Å². The van der Waals surface area contributed by atoms with Crippen LogP contribution in [-0.4, -0.2) is 64.6 Å². The van der Waals surface area contributed by atoms with Gasteiger partial charge in [0, 0.05) is 56.2 Å². The first-order valence-electron chi connectivity index (χ1n) is 8.86. The van der Waals surface area contributed by atoms with E-state index in [1.165, 1.54) is 10.9 Å². The van der Waals surface area contributed by atoms with Gasteiger partial charge in [0.2, 0.25) is 5.91 Å². The van der Waals surface area contributed by atoms with Gasteiger partial charge < -0.3 is 15.0 Å². The average molecular weight is 329 g/mol. The summed E-state index contributed by atoms with van der Waals surface area (Å²) in [6, 6.07) is 8.29. The van der Waals surface area contributed by atoms with Crippen LogP contribution in [0.1, 0.15) is 25.3 Å². The zero-order chi connectivity index (χ0) is 16.9. The van der Waals surface area contributed by atoms with Gasteiger partial charge >= 0.3 is 0 Å². The van der Waals surface area contributed by atoms with E-state index in [9.17, 15) is 9.90 Å². The largest absolute Gasteiger partial charge is 0.392 e. The number of carbonyl (C=O) groups is 1. The molecule has 1 aromatic carbocycles. The van der Waals surface area contributed by atoms with Crippen molar-refractivity contribution in [1.82, 2.24) is 14.8 Å². The highest BCUT2D eigenvalue weighted by Gasteiger charge is 2.21. The smallest absolute Gasteiger partial charge is 0.222 e. The standard InChI is InChI=1S/C19H27N3O2/c1-15(23)14-21-9-11-22(12-10-21)19(24)8-4-5-16-13-20-18-7-3-2-6-17(16)18/h2-3,6-7,13,15,20,23H,4-5,8-12,14H2,1H3/t15-/m1/s1. The van der Waals surface area contributed by atoms with E-state index in [2.05, 4.69) is 34.3 Å². The van der Waals surface area contributed by atoms with Gasteiger partial charge in [-0.25, -0.2) is 0 Å². The summed E-state index contributed by atoms with van der Waals surface area (Å²) in [4.78, 5) is 19.8. The number of aromatic nitrogens is 1. The lowest BCUT2D eigenvalue weighted by molar-refractivity contribution is -0.133. The molecule has 5 nitrogen and oxygen atoms in total. The van der Waals surface area contributed by atoms with Gasteiger partial charge in [0.1, 0.15) is 0 Å². The Labute approximate surface area is 143 Å². The molecule has 0 saturated carbocycles. The summed E-state index contributed by atoms with van der Waals surface area (Å²) in [7, 11) is 0. The fourth-order valence-corrected chi connectivity index (χ4v) is 3.48. The average Bonchev–Trinajstić information content (AvgIpc) is 2.98. The van der Waals surface area contributed by atoms with E-state index in [4.69, 9.17) is 0 Å². The lowest BCUT2D eigenvalue weighted by atomic mass is 10.1. The van der Waals surface area contributed by atoms with Crippen LogP contribution < -0.4 is 0 Å². The normalized spacial score (nSPS) is 17.3. The predicted octanol–water partition coefficient (Wildman–Crippen LogP) is 2.02. The molecule has 0 bridgehead atoms. The van der Waals surface area contributed by atoms with Crippen molar-refractivity contribution in [2.45, 2.75) is 32.3 Å². The Kier molecular flexibility index (Phi) is 5.53. The Morgan fingerprint density at radius 3 is 2.75 bits per heavy atom. The SMILES string of the molecule is C[C@@H](O)CN1CCN(C(=O)CCCc2c[nH]c3ccccc23)CC1. The van der Waals surface area contributed by atoms with Crippen LogP contribution >= 0.6 is 0 Å². The quantitative estimate of drug-likeness (QED) is 0.852. The van der Waals surface area contributed by atoms with Gasteiger partial charge in [-0.1, -0.05) is 18.2 Å². The Bertz CT molecular complexity index is 672. The number of aliphatic hydroxyl groups is 1. The first kappa shape index (κ1) is 17.0. The minimum Gasteiger partial charge on any atom is -0.392 e. The molecule has 1 aliphatic rings. The van der Waals surface area contributed by atoms with Gasteiger partial charge in [-0.15, -0.1) is 0 Å². The fourth-order valence-electron chi connectivity index (χ4n) is 3.48. The molecule has 0 spiro atoms. The molecule has 2 N–H and O–H groups in total. The highest BCUT2D eigenvalue weighted by Crippen LogP contribution is 2.19. The van der Waals surface area contributed by atoms with Crippen LogP contribution in [0.15, 0.2) is 30.5 Å². The zero-order valence-electron chi connectivity index (χ0n) is 14.4. The van der Waals surface area contributed by atoms with Crippen molar-refractivity contribution < 1.29 is 9.90 Å². The number of aliphatic hydroxyl groups excluding tert-OH is 1. The predicted molar refractivity (Wildman–Crippen MR) is 95.9 cm³/mol. The Hall–Kier alpha value is -1.85. The summed E-state index contributed by atoms with van der Waals surface area (Å²) in [6.45, 7) is 5.78. The van der Waals surface area contributed by atoms with Crippen LogP contribution in [0, 0.1) is 0 Å². The molecule has 5 heteroatoms. The second-order valence-corrected chi connectivity index (χ2v) is 6.74. The molecule has 0 radical (unpaired) electrons. The molecule has 1 aliphatic heterocycles. The summed E-state index contributed by atoms with van der Waals surface area (Å²) in [5, 5.41) is 10.7. The van der Waals surface area contributed by atoms with Crippen LogP contribution in [0.2, 0.25) is 0 Å². The maximum atomic E-state index is 12.4. The number of H-pyrrole nitrogens is 1. The third-order valence-electron chi connectivity index (χ3n) is 4.76. The van der Waals surface area contributed by atoms with Crippen LogP contribution in [0.3, 0.4) is 0 Å². The number of piperazine rings is 1.